The van der Waals surface area contributed by atoms with E-state index in [9.17, 15) is 19.8 Å². The van der Waals surface area contributed by atoms with Crippen LogP contribution in [0.4, 0.5) is 0 Å². The fraction of sp³-hybridized carbons (Fsp3) is 0.692. The Morgan fingerprint density at radius 3 is 2.42 bits per heavy atom. The van der Waals surface area contributed by atoms with Crippen LogP contribution in [0.2, 0.25) is 0 Å². The molecule has 1 aromatic rings. The number of carbonyl (C=O) groups is 2. The number of piperidine rings is 1. The number of hydrogen-bond acceptors (Lipinski definition) is 4. The average molecular weight is 517 g/mol. The van der Waals surface area contributed by atoms with E-state index in [1.807, 2.05) is 22.1 Å². The molecule has 1 saturated heterocycles. The summed E-state index contributed by atoms with van der Waals surface area (Å²) < 4.78 is 1.82. The van der Waals surface area contributed by atoms with Gasteiger partial charge < -0.3 is 15.5 Å². The molecular formula is C26H33BrN2O4. The van der Waals surface area contributed by atoms with Crippen molar-refractivity contribution in [1.29, 1.82) is 0 Å². The van der Waals surface area contributed by atoms with E-state index < -0.39 is 11.6 Å². The molecule has 1 spiro atoms. The summed E-state index contributed by atoms with van der Waals surface area (Å²) in [7, 11) is 0. The van der Waals surface area contributed by atoms with E-state index in [1.54, 1.807) is 0 Å². The molecule has 7 rings (SSSR count). The van der Waals surface area contributed by atoms with Crippen LogP contribution in [-0.2, 0) is 10.2 Å². The fourth-order valence-corrected chi connectivity index (χ4v) is 9.55. The maximum absolute atomic E-state index is 14.0. The molecule has 1 heterocycles. The Balaban J connectivity index is 1.36. The predicted molar refractivity (Wildman–Crippen MR) is 127 cm³/mol. The highest BCUT2D eigenvalue weighted by atomic mass is 79.9. The van der Waals surface area contributed by atoms with Crippen molar-refractivity contribution in [2.75, 3.05) is 13.1 Å². The first-order valence-corrected chi connectivity index (χ1v) is 13.3. The number of hydrogen-bond donors (Lipinski definition) is 3. The molecule has 6 aliphatic rings. The number of carboxylic acids is 1. The van der Waals surface area contributed by atoms with Crippen LogP contribution in [0, 0.1) is 17.8 Å². The number of carbonyl (C=O) groups excluding carboxylic acids is 1. The van der Waals surface area contributed by atoms with Gasteiger partial charge in [-0.1, -0.05) is 12.1 Å². The van der Waals surface area contributed by atoms with Crippen LogP contribution in [0.25, 0.3) is 0 Å². The van der Waals surface area contributed by atoms with Gasteiger partial charge in [0.25, 0.3) is 5.91 Å². The minimum absolute atomic E-state index is 0.00481. The van der Waals surface area contributed by atoms with Crippen molar-refractivity contribution in [3.63, 3.8) is 0 Å². The average Bonchev–Trinajstić information content (AvgIpc) is 3.04. The number of nitrogens with one attached hydrogen (secondary N) is 1. The molecule has 5 aliphatic carbocycles. The van der Waals surface area contributed by atoms with Crippen molar-refractivity contribution in [3.05, 3.63) is 34.9 Å². The second-order valence-electron chi connectivity index (χ2n) is 11.6. The topological polar surface area (TPSA) is 89.9 Å². The van der Waals surface area contributed by atoms with E-state index in [0.717, 1.165) is 81.1 Å². The summed E-state index contributed by atoms with van der Waals surface area (Å²) in [5.74, 6) is 0.466. The van der Waals surface area contributed by atoms with E-state index in [2.05, 4.69) is 21.5 Å². The summed E-state index contributed by atoms with van der Waals surface area (Å²) in [5.41, 5.74) is 2.26. The Kier molecular flexibility index (Phi) is 5.20. The highest BCUT2D eigenvalue weighted by molar-refractivity contribution is 9.07. The van der Waals surface area contributed by atoms with Crippen LogP contribution < -0.4 is 5.32 Å². The second-order valence-corrected chi connectivity index (χ2v) is 12.4. The van der Waals surface area contributed by atoms with Crippen LogP contribution in [0.15, 0.2) is 18.2 Å². The normalized spacial score (nSPS) is 37.8. The first kappa shape index (κ1) is 22.1. The standard InChI is InChI=1S/C26H33BrN2O4/c27-29(23-17-8-15-9-18(23)14-26(33,11-15)13-17)24(32)20-3-1-2-19-16(10-21(30)31)12-25(22(19)20)4-6-28-7-5-25/h1-3,15-18,23,28,33H,4-14H2,(H,30,31). The molecule has 6 nitrogen and oxygen atoms in total. The first-order chi connectivity index (χ1) is 15.8. The third kappa shape index (κ3) is 3.49. The molecule has 3 atom stereocenters. The molecule has 0 aromatic heterocycles. The van der Waals surface area contributed by atoms with Crippen molar-refractivity contribution in [3.8, 4) is 0 Å². The van der Waals surface area contributed by atoms with Crippen molar-refractivity contribution in [1.82, 2.24) is 9.24 Å². The second kappa shape index (κ2) is 7.79. The Morgan fingerprint density at radius 1 is 1.09 bits per heavy atom. The number of aliphatic hydroxyl groups is 1. The smallest absolute Gasteiger partial charge is 0.303 e. The Morgan fingerprint density at radius 2 is 1.79 bits per heavy atom. The first-order valence-electron chi connectivity index (χ1n) is 12.6. The summed E-state index contributed by atoms with van der Waals surface area (Å²) >= 11 is 3.72. The number of benzene rings is 1. The van der Waals surface area contributed by atoms with Gasteiger partial charge in [-0.3, -0.25) is 13.5 Å². The molecule has 4 bridgehead atoms. The van der Waals surface area contributed by atoms with Gasteiger partial charge in [0.2, 0.25) is 0 Å². The number of aliphatic carboxylic acids is 1. The zero-order valence-electron chi connectivity index (χ0n) is 18.9. The summed E-state index contributed by atoms with van der Waals surface area (Å²) in [6.07, 6.45) is 7.52. The zero-order chi connectivity index (χ0) is 23.0. The Bertz CT molecular complexity index is 975. The maximum Gasteiger partial charge on any atom is 0.303 e. The Hall–Kier alpha value is -1.44. The maximum atomic E-state index is 14.0. The highest BCUT2D eigenvalue weighted by Gasteiger charge is 2.57. The summed E-state index contributed by atoms with van der Waals surface area (Å²) in [4.78, 5) is 25.7. The number of carboxylic acid groups (broad SMARTS) is 1. The van der Waals surface area contributed by atoms with Crippen LogP contribution in [0.1, 0.15) is 85.2 Å². The lowest BCUT2D eigenvalue weighted by Crippen LogP contribution is -2.60. The van der Waals surface area contributed by atoms with Gasteiger partial charge in [0.1, 0.15) is 0 Å². The monoisotopic (exact) mass is 516 g/mol. The fourth-order valence-electron chi connectivity index (χ4n) is 8.69. The van der Waals surface area contributed by atoms with Crippen molar-refractivity contribution >= 4 is 28.0 Å². The molecule has 0 radical (unpaired) electrons. The molecule has 5 fully saturated rings. The van der Waals surface area contributed by atoms with Crippen LogP contribution in [-0.4, -0.2) is 50.7 Å². The third-order valence-electron chi connectivity index (χ3n) is 9.56. The lowest BCUT2D eigenvalue weighted by molar-refractivity contribution is -0.145. The van der Waals surface area contributed by atoms with E-state index in [-0.39, 0.29) is 29.7 Å². The van der Waals surface area contributed by atoms with Crippen LogP contribution in [0.3, 0.4) is 0 Å². The lowest BCUT2D eigenvalue weighted by Gasteiger charge is -2.59. The number of nitrogens with zero attached hydrogens (tertiary/aromatic N) is 1. The summed E-state index contributed by atoms with van der Waals surface area (Å²) in [5, 5.41) is 24.0. The van der Waals surface area contributed by atoms with Gasteiger partial charge in [-0.15, -0.1) is 0 Å². The molecule has 4 saturated carbocycles. The van der Waals surface area contributed by atoms with Gasteiger partial charge in [0.15, 0.2) is 0 Å². The Labute approximate surface area is 203 Å². The lowest BCUT2D eigenvalue weighted by atomic mass is 9.52. The molecular weight excluding hydrogens is 484 g/mol. The van der Waals surface area contributed by atoms with Gasteiger partial charge >= 0.3 is 5.97 Å². The van der Waals surface area contributed by atoms with E-state index in [4.69, 9.17) is 0 Å². The van der Waals surface area contributed by atoms with Crippen molar-refractivity contribution in [2.45, 2.75) is 80.8 Å². The minimum Gasteiger partial charge on any atom is -0.481 e. The van der Waals surface area contributed by atoms with Gasteiger partial charge in [-0.05, 0) is 111 Å². The molecule has 33 heavy (non-hydrogen) atoms. The number of rotatable bonds is 4. The molecule has 3 unspecified atom stereocenters. The largest absolute Gasteiger partial charge is 0.481 e. The number of amides is 1. The zero-order valence-corrected chi connectivity index (χ0v) is 20.5. The van der Waals surface area contributed by atoms with Gasteiger partial charge in [-0.25, -0.2) is 0 Å². The summed E-state index contributed by atoms with van der Waals surface area (Å²) in [6.45, 7) is 1.79. The SMILES string of the molecule is O=C(O)CC1CC2(CCNCC2)c2c(C(=O)N(Br)C3C4CC5CC3CC(O)(C5)C4)cccc21. The van der Waals surface area contributed by atoms with Crippen LogP contribution in [0.5, 0.6) is 0 Å². The van der Waals surface area contributed by atoms with Gasteiger partial charge in [-0.2, -0.15) is 0 Å². The number of fused-ring (bicyclic) bond motifs is 2. The van der Waals surface area contributed by atoms with Crippen molar-refractivity contribution in [2.24, 2.45) is 17.8 Å². The quantitative estimate of drug-likeness (QED) is 0.527. The molecule has 178 valence electrons. The van der Waals surface area contributed by atoms with E-state index in [1.165, 1.54) is 0 Å². The predicted octanol–water partition coefficient (Wildman–Crippen LogP) is 3.96. The summed E-state index contributed by atoms with van der Waals surface area (Å²) in [6, 6.07) is 6.05. The highest BCUT2D eigenvalue weighted by Crippen LogP contribution is 2.58. The van der Waals surface area contributed by atoms with Crippen LogP contribution >= 0.6 is 16.1 Å². The molecule has 3 N–H and O–H groups in total. The molecule has 1 aliphatic heterocycles. The molecule has 1 amide bonds. The third-order valence-corrected chi connectivity index (χ3v) is 10.4. The van der Waals surface area contributed by atoms with E-state index >= 15 is 0 Å². The minimum atomic E-state index is -0.776. The number of halogens is 1. The van der Waals surface area contributed by atoms with E-state index in [0.29, 0.717) is 17.8 Å². The van der Waals surface area contributed by atoms with Gasteiger partial charge in [0.05, 0.1) is 28.2 Å². The van der Waals surface area contributed by atoms with Gasteiger partial charge in [0, 0.05) is 11.6 Å². The van der Waals surface area contributed by atoms with Crippen molar-refractivity contribution < 1.29 is 19.8 Å². The molecule has 7 heteroatoms. The molecule has 1 aromatic carbocycles.